The summed E-state index contributed by atoms with van der Waals surface area (Å²) in [5.74, 6) is 0.956. The number of hydrogen-bond acceptors (Lipinski definition) is 6. The molecule has 0 atom stereocenters. The zero-order valence-electron chi connectivity index (χ0n) is 16.4. The van der Waals surface area contributed by atoms with E-state index in [1.165, 1.54) is 0 Å². The maximum atomic E-state index is 12.5. The molecule has 2 aromatic heterocycles. The molecule has 1 aromatic carbocycles. The fourth-order valence-electron chi connectivity index (χ4n) is 3.73. The van der Waals surface area contributed by atoms with Crippen molar-refractivity contribution in [2.24, 2.45) is 0 Å². The van der Waals surface area contributed by atoms with E-state index in [0.717, 1.165) is 54.1 Å². The third-order valence-corrected chi connectivity index (χ3v) is 5.20. The Hall–Kier alpha value is -2.86. The molecule has 1 fully saturated rings. The van der Waals surface area contributed by atoms with E-state index in [9.17, 15) is 4.79 Å². The zero-order valence-corrected chi connectivity index (χ0v) is 16.4. The molecule has 0 spiro atoms. The molecule has 6 heteroatoms. The van der Waals surface area contributed by atoms with Crippen LogP contribution in [0, 0.1) is 6.92 Å². The molecule has 0 aliphatic carbocycles. The molecule has 3 heterocycles. The number of carbonyl (C=O) groups is 1. The van der Waals surface area contributed by atoms with Gasteiger partial charge in [-0.05, 0) is 31.5 Å². The van der Waals surface area contributed by atoms with Gasteiger partial charge in [-0.25, -0.2) is 9.78 Å². The van der Waals surface area contributed by atoms with E-state index >= 15 is 0 Å². The molecule has 3 aromatic rings. The van der Waals surface area contributed by atoms with Gasteiger partial charge >= 0.3 is 5.97 Å². The van der Waals surface area contributed by atoms with Crippen LogP contribution in [0.2, 0.25) is 0 Å². The predicted molar refractivity (Wildman–Crippen MR) is 109 cm³/mol. The van der Waals surface area contributed by atoms with Gasteiger partial charge in [0.1, 0.15) is 11.4 Å². The third kappa shape index (κ3) is 3.60. The van der Waals surface area contributed by atoms with Crippen molar-refractivity contribution in [3.05, 3.63) is 59.5 Å². The Morgan fingerprint density at radius 1 is 1.14 bits per heavy atom. The van der Waals surface area contributed by atoms with Gasteiger partial charge in [0.05, 0.1) is 6.61 Å². The highest BCUT2D eigenvalue weighted by atomic mass is 16.5. The number of carbonyl (C=O) groups excluding carboxylic acids is 1. The van der Waals surface area contributed by atoms with Crippen LogP contribution < -0.4 is 4.90 Å². The smallest absolute Gasteiger partial charge is 0.374 e. The highest BCUT2D eigenvalue weighted by Crippen LogP contribution is 2.30. The van der Waals surface area contributed by atoms with Crippen LogP contribution in [-0.4, -0.2) is 48.6 Å². The minimum atomic E-state index is -0.389. The molecule has 0 saturated carbocycles. The van der Waals surface area contributed by atoms with Crippen molar-refractivity contribution in [2.45, 2.75) is 20.4 Å². The van der Waals surface area contributed by atoms with Crippen molar-refractivity contribution in [2.75, 3.05) is 37.7 Å². The Morgan fingerprint density at radius 3 is 2.68 bits per heavy atom. The van der Waals surface area contributed by atoms with E-state index in [1.54, 1.807) is 0 Å². The Bertz CT molecular complexity index is 960. The molecule has 0 unspecified atom stereocenters. The molecule has 146 valence electrons. The highest BCUT2D eigenvalue weighted by Gasteiger charge is 2.26. The van der Waals surface area contributed by atoms with Gasteiger partial charge in [0.15, 0.2) is 0 Å². The molecule has 0 bridgehead atoms. The molecule has 4 rings (SSSR count). The van der Waals surface area contributed by atoms with E-state index in [0.29, 0.717) is 18.9 Å². The average Bonchev–Trinajstić information content (AvgIpc) is 3.09. The molecule has 28 heavy (non-hydrogen) atoms. The lowest BCUT2D eigenvalue weighted by Crippen LogP contribution is -2.46. The summed E-state index contributed by atoms with van der Waals surface area (Å²) < 4.78 is 11.2. The van der Waals surface area contributed by atoms with Gasteiger partial charge in [-0.3, -0.25) is 4.90 Å². The van der Waals surface area contributed by atoms with Crippen LogP contribution in [0.4, 0.5) is 5.82 Å². The van der Waals surface area contributed by atoms with Crippen molar-refractivity contribution >= 4 is 22.8 Å². The van der Waals surface area contributed by atoms with Crippen LogP contribution in [0.1, 0.15) is 28.6 Å². The molecule has 1 aliphatic rings. The van der Waals surface area contributed by atoms with Crippen LogP contribution in [0.5, 0.6) is 0 Å². The van der Waals surface area contributed by atoms with E-state index in [-0.39, 0.29) is 5.97 Å². The first-order chi connectivity index (χ1) is 13.7. The SMILES string of the molecule is CCOC(=O)c1oc2c(C)cccc2c1CN1CCN(c2ccccn2)CC1. The Kier molecular flexibility index (Phi) is 5.30. The number of pyridine rings is 1. The maximum absolute atomic E-state index is 12.5. The van der Waals surface area contributed by atoms with E-state index in [2.05, 4.69) is 14.8 Å². The number of fused-ring (bicyclic) bond motifs is 1. The molecule has 0 radical (unpaired) electrons. The van der Waals surface area contributed by atoms with Crippen LogP contribution >= 0.6 is 0 Å². The van der Waals surface area contributed by atoms with Gasteiger partial charge < -0.3 is 14.1 Å². The summed E-state index contributed by atoms with van der Waals surface area (Å²) in [6.07, 6.45) is 1.83. The quantitative estimate of drug-likeness (QED) is 0.631. The normalized spacial score (nSPS) is 15.1. The summed E-state index contributed by atoms with van der Waals surface area (Å²) in [6, 6.07) is 12.0. The van der Waals surface area contributed by atoms with Crippen LogP contribution in [0.3, 0.4) is 0 Å². The van der Waals surface area contributed by atoms with Crippen molar-refractivity contribution in [3.63, 3.8) is 0 Å². The van der Waals surface area contributed by atoms with Crippen LogP contribution in [-0.2, 0) is 11.3 Å². The number of benzene rings is 1. The molecule has 0 N–H and O–H groups in total. The monoisotopic (exact) mass is 379 g/mol. The van der Waals surface area contributed by atoms with E-state index < -0.39 is 0 Å². The number of para-hydroxylation sites is 1. The first kappa shape index (κ1) is 18.5. The predicted octanol–water partition coefficient (Wildman–Crippen LogP) is 3.64. The fourth-order valence-corrected chi connectivity index (χ4v) is 3.73. The minimum Gasteiger partial charge on any atom is -0.460 e. The highest BCUT2D eigenvalue weighted by molar-refractivity contribution is 5.97. The van der Waals surface area contributed by atoms with Gasteiger partial charge in [0.25, 0.3) is 0 Å². The summed E-state index contributed by atoms with van der Waals surface area (Å²) in [4.78, 5) is 21.6. The van der Waals surface area contributed by atoms with Gasteiger partial charge in [-0.1, -0.05) is 24.3 Å². The minimum absolute atomic E-state index is 0.330. The molecular weight excluding hydrogens is 354 g/mol. The first-order valence-electron chi connectivity index (χ1n) is 9.74. The third-order valence-electron chi connectivity index (χ3n) is 5.20. The molecule has 1 aliphatic heterocycles. The number of esters is 1. The van der Waals surface area contributed by atoms with Crippen molar-refractivity contribution in [1.82, 2.24) is 9.88 Å². The summed E-state index contributed by atoms with van der Waals surface area (Å²) in [6.45, 7) is 8.41. The lowest BCUT2D eigenvalue weighted by molar-refractivity contribution is 0.0489. The summed E-state index contributed by atoms with van der Waals surface area (Å²) in [5.41, 5.74) is 2.71. The van der Waals surface area contributed by atoms with Crippen molar-refractivity contribution < 1.29 is 13.9 Å². The number of piperazine rings is 1. The van der Waals surface area contributed by atoms with Crippen LogP contribution in [0.15, 0.2) is 47.0 Å². The van der Waals surface area contributed by atoms with Crippen LogP contribution in [0.25, 0.3) is 11.0 Å². The number of ether oxygens (including phenoxy) is 1. The Labute approximate surface area is 164 Å². The van der Waals surface area contributed by atoms with Gasteiger partial charge in [-0.2, -0.15) is 0 Å². The number of nitrogens with zero attached hydrogens (tertiary/aromatic N) is 3. The topological polar surface area (TPSA) is 58.8 Å². The Balaban J connectivity index is 1.55. The van der Waals surface area contributed by atoms with Gasteiger partial charge in [-0.15, -0.1) is 0 Å². The standard InChI is InChI=1S/C22H25N3O3/c1-3-27-22(26)21-18(17-8-6-7-16(2)20(17)28-21)15-24-11-13-25(14-12-24)19-9-4-5-10-23-19/h4-10H,3,11-15H2,1-2H3. The summed E-state index contributed by atoms with van der Waals surface area (Å²) >= 11 is 0. The number of furan rings is 1. The second kappa shape index (κ2) is 8.02. The van der Waals surface area contributed by atoms with Crippen molar-refractivity contribution in [3.8, 4) is 0 Å². The summed E-state index contributed by atoms with van der Waals surface area (Å²) in [7, 11) is 0. The molecule has 0 amide bonds. The maximum Gasteiger partial charge on any atom is 0.374 e. The number of rotatable bonds is 5. The van der Waals surface area contributed by atoms with Gasteiger partial charge in [0.2, 0.25) is 5.76 Å². The van der Waals surface area contributed by atoms with Crippen molar-refractivity contribution in [1.29, 1.82) is 0 Å². The second-order valence-electron chi connectivity index (χ2n) is 7.03. The summed E-state index contributed by atoms with van der Waals surface area (Å²) in [5, 5.41) is 0.996. The molecule has 1 saturated heterocycles. The number of anilines is 1. The number of aromatic nitrogens is 1. The second-order valence-corrected chi connectivity index (χ2v) is 7.03. The molecular formula is C22H25N3O3. The Morgan fingerprint density at radius 2 is 1.96 bits per heavy atom. The zero-order chi connectivity index (χ0) is 19.5. The lowest BCUT2D eigenvalue weighted by Gasteiger charge is -2.35. The largest absolute Gasteiger partial charge is 0.460 e. The molecule has 6 nitrogen and oxygen atoms in total. The van der Waals surface area contributed by atoms with Gasteiger partial charge in [0, 0.05) is 49.9 Å². The fraction of sp³-hybridized carbons (Fsp3) is 0.364. The number of aryl methyl sites for hydroxylation is 1. The van der Waals surface area contributed by atoms with E-state index in [4.69, 9.17) is 9.15 Å². The number of hydrogen-bond donors (Lipinski definition) is 0. The van der Waals surface area contributed by atoms with E-state index in [1.807, 2.05) is 56.4 Å². The lowest BCUT2D eigenvalue weighted by atomic mass is 10.1. The first-order valence-corrected chi connectivity index (χ1v) is 9.74. The average molecular weight is 379 g/mol.